The Balaban J connectivity index is 2.51. The van der Waals surface area contributed by atoms with Crippen molar-refractivity contribution in [3.63, 3.8) is 0 Å². The second-order valence-electron chi connectivity index (χ2n) is 5.14. The molecule has 0 saturated carbocycles. The highest BCUT2D eigenvalue weighted by atomic mass is 15.2. The van der Waals surface area contributed by atoms with Crippen LogP contribution in [0.4, 0.5) is 0 Å². The number of nitrogens with two attached hydrogens (primary N) is 1. The third-order valence-electron chi connectivity index (χ3n) is 3.46. The number of aromatic nitrogens is 1. The number of hydrogen-bond acceptors (Lipinski definition) is 3. The molecule has 3 N–H and O–H groups in total. The number of aryl methyl sites for hydroxylation is 4. The van der Waals surface area contributed by atoms with Crippen LogP contribution in [0.3, 0.4) is 0 Å². The lowest BCUT2D eigenvalue weighted by Gasteiger charge is -2.21. The van der Waals surface area contributed by atoms with Crippen molar-refractivity contribution in [2.45, 2.75) is 33.7 Å². The van der Waals surface area contributed by atoms with Crippen molar-refractivity contribution in [2.75, 3.05) is 0 Å². The Kier molecular flexibility index (Phi) is 3.98. The molecule has 0 aliphatic rings. The van der Waals surface area contributed by atoms with Gasteiger partial charge in [-0.2, -0.15) is 0 Å². The van der Waals surface area contributed by atoms with E-state index in [4.69, 9.17) is 5.84 Å². The molecule has 0 aliphatic carbocycles. The van der Waals surface area contributed by atoms with Crippen LogP contribution in [0, 0.1) is 27.7 Å². The molecule has 0 spiro atoms. The molecule has 19 heavy (non-hydrogen) atoms. The zero-order valence-corrected chi connectivity index (χ0v) is 12.0. The average Bonchev–Trinajstić information content (AvgIpc) is 2.35. The second kappa shape index (κ2) is 5.51. The molecule has 1 aromatic heterocycles. The van der Waals surface area contributed by atoms with Gasteiger partial charge in [-0.3, -0.25) is 10.8 Å². The Morgan fingerprint density at radius 3 is 2.16 bits per heavy atom. The third kappa shape index (κ3) is 2.83. The first kappa shape index (κ1) is 13.7. The summed E-state index contributed by atoms with van der Waals surface area (Å²) in [7, 11) is 0. The molecule has 3 nitrogen and oxygen atoms in total. The van der Waals surface area contributed by atoms with Crippen LogP contribution in [0.5, 0.6) is 0 Å². The minimum Gasteiger partial charge on any atom is -0.271 e. The fourth-order valence-electron chi connectivity index (χ4n) is 2.64. The summed E-state index contributed by atoms with van der Waals surface area (Å²) in [5.74, 6) is 5.77. The maximum Gasteiger partial charge on any atom is 0.0730 e. The molecule has 1 aromatic carbocycles. The summed E-state index contributed by atoms with van der Waals surface area (Å²) < 4.78 is 0. The number of pyridine rings is 1. The van der Waals surface area contributed by atoms with Gasteiger partial charge in [-0.1, -0.05) is 23.8 Å². The maximum absolute atomic E-state index is 5.77. The van der Waals surface area contributed by atoms with E-state index < -0.39 is 0 Å². The molecule has 1 heterocycles. The largest absolute Gasteiger partial charge is 0.271 e. The standard InChI is InChI=1S/C16H21N3/c1-10-7-11(2)15(12(3)8-10)16(19-17)14-6-5-13(4)18-9-14/h5-9,16,19H,17H2,1-4H3. The normalized spacial score (nSPS) is 12.5. The molecule has 0 amide bonds. The molecule has 3 heteroatoms. The van der Waals surface area contributed by atoms with E-state index in [1.165, 1.54) is 22.3 Å². The molecule has 0 aliphatic heterocycles. The third-order valence-corrected chi connectivity index (χ3v) is 3.46. The van der Waals surface area contributed by atoms with Gasteiger partial charge < -0.3 is 0 Å². The Morgan fingerprint density at radius 2 is 1.68 bits per heavy atom. The lowest BCUT2D eigenvalue weighted by Crippen LogP contribution is -2.30. The van der Waals surface area contributed by atoms with E-state index in [2.05, 4.69) is 49.4 Å². The predicted octanol–water partition coefficient (Wildman–Crippen LogP) is 2.87. The maximum atomic E-state index is 5.77. The van der Waals surface area contributed by atoms with Gasteiger partial charge in [0.05, 0.1) is 6.04 Å². The summed E-state index contributed by atoms with van der Waals surface area (Å²) in [6.07, 6.45) is 1.89. The number of benzene rings is 1. The SMILES string of the molecule is Cc1cc(C)c(C(NN)c2ccc(C)nc2)c(C)c1. The van der Waals surface area contributed by atoms with Gasteiger partial charge in [0.2, 0.25) is 0 Å². The number of rotatable bonds is 3. The molecule has 1 atom stereocenters. The molecule has 0 radical (unpaired) electrons. The minimum absolute atomic E-state index is 0.0197. The van der Waals surface area contributed by atoms with Crippen molar-refractivity contribution >= 4 is 0 Å². The van der Waals surface area contributed by atoms with Crippen LogP contribution in [0.1, 0.15) is 39.6 Å². The van der Waals surface area contributed by atoms with Crippen LogP contribution in [-0.4, -0.2) is 4.98 Å². The van der Waals surface area contributed by atoms with Crippen molar-refractivity contribution in [1.29, 1.82) is 0 Å². The van der Waals surface area contributed by atoms with Crippen LogP contribution in [0.25, 0.3) is 0 Å². The monoisotopic (exact) mass is 255 g/mol. The highest BCUT2D eigenvalue weighted by molar-refractivity contribution is 5.43. The van der Waals surface area contributed by atoms with Crippen LogP contribution in [0.15, 0.2) is 30.5 Å². The molecular weight excluding hydrogens is 234 g/mol. The van der Waals surface area contributed by atoms with E-state index in [1.807, 2.05) is 19.2 Å². The van der Waals surface area contributed by atoms with Crippen LogP contribution in [-0.2, 0) is 0 Å². The van der Waals surface area contributed by atoms with Crippen LogP contribution < -0.4 is 11.3 Å². The van der Waals surface area contributed by atoms with Crippen molar-refractivity contribution in [3.05, 3.63) is 64.0 Å². The van der Waals surface area contributed by atoms with Crippen LogP contribution >= 0.6 is 0 Å². The fourth-order valence-corrected chi connectivity index (χ4v) is 2.64. The molecule has 0 saturated heterocycles. The molecule has 2 rings (SSSR count). The van der Waals surface area contributed by atoms with Gasteiger partial charge in [0.15, 0.2) is 0 Å². The van der Waals surface area contributed by atoms with Gasteiger partial charge in [-0.05, 0) is 56.0 Å². The Labute approximate surface area is 114 Å². The molecule has 0 fully saturated rings. The first-order chi connectivity index (χ1) is 9.02. The van der Waals surface area contributed by atoms with Crippen LogP contribution in [0.2, 0.25) is 0 Å². The molecule has 0 bridgehead atoms. The van der Waals surface area contributed by atoms with Gasteiger partial charge in [0.1, 0.15) is 0 Å². The highest BCUT2D eigenvalue weighted by Crippen LogP contribution is 2.28. The summed E-state index contributed by atoms with van der Waals surface area (Å²) in [6.45, 7) is 8.35. The molecule has 2 aromatic rings. The van der Waals surface area contributed by atoms with Crippen molar-refractivity contribution in [1.82, 2.24) is 10.4 Å². The molecule has 1 unspecified atom stereocenters. The first-order valence-electron chi connectivity index (χ1n) is 6.49. The second-order valence-corrected chi connectivity index (χ2v) is 5.14. The average molecular weight is 255 g/mol. The van der Waals surface area contributed by atoms with Gasteiger partial charge >= 0.3 is 0 Å². The molecular formula is C16H21N3. The van der Waals surface area contributed by atoms with E-state index in [-0.39, 0.29) is 6.04 Å². The quantitative estimate of drug-likeness (QED) is 0.655. The number of nitrogens with zero attached hydrogens (tertiary/aromatic N) is 1. The van der Waals surface area contributed by atoms with E-state index in [0.29, 0.717) is 0 Å². The van der Waals surface area contributed by atoms with Crippen molar-refractivity contribution in [3.8, 4) is 0 Å². The lowest BCUT2D eigenvalue weighted by molar-refractivity contribution is 0.627. The summed E-state index contributed by atoms with van der Waals surface area (Å²) in [5.41, 5.74) is 10.0. The van der Waals surface area contributed by atoms with E-state index in [1.54, 1.807) is 0 Å². The zero-order chi connectivity index (χ0) is 14.0. The minimum atomic E-state index is -0.0197. The smallest absolute Gasteiger partial charge is 0.0730 e. The van der Waals surface area contributed by atoms with Crippen molar-refractivity contribution < 1.29 is 0 Å². The lowest BCUT2D eigenvalue weighted by atomic mass is 9.91. The van der Waals surface area contributed by atoms with E-state index in [0.717, 1.165) is 11.3 Å². The van der Waals surface area contributed by atoms with E-state index >= 15 is 0 Å². The highest BCUT2D eigenvalue weighted by Gasteiger charge is 2.17. The zero-order valence-electron chi connectivity index (χ0n) is 12.0. The number of nitrogens with one attached hydrogen (secondary N) is 1. The Bertz CT molecular complexity index is 550. The topological polar surface area (TPSA) is 50.9 Å². The van der Waals surface area contributed by atoms with Crippen molar-refractivity contribution in [2.24, 2.45) is 5.84 Å². The van der Waals surface area contributed by atoms with Gasteiger partial charge in [-0.15, -0.1) is 0 Å². The summed E-state index contributed by atoms with van der Waals surface area (Å²) in [4.78, 5) is 4.35. The van der Waals surface area contributed by atoms with Gasteiger partial charge in [0, 0.05) is 11.9 Å². The fraction of sp³-hybridized carbons (Fsp3) is 0.312. The number of hydrogen-bond donors (Lipinski definition) is 2. The summed E-state index contributed by atoms with van der Waals surface area (Å²) in [6, 6.07) is 8.45. The first-order valence-corrected chi connectivity index (χ1v) is 6.49. The Morgan fingerprint density at radius 1 is 1.05 bits per heavy atom. The summed E-state index contributed by atoms with van der Waals surface area (Å²) >= 11 is 0. The summed E-state index contributed by atoms with van der Waals surface area (Å²) in [5, 5.41) is 0. The van der Waals surface area contributed by atoms with Gasteiger partial charge in [-0.25, -0.2) is 5.43 Å². The Hall–Kier alpha value is -1.71. The number of hydrazine groups is 1. The molecule has 100 valence electrons. The van der Waals surface area contributed by atoms with Gasteiger partial charge in [0.25, 0.3) is 0 Å². The predicted molar refractivity (Wildman–Crippen MR) is 78.8 cm³/mol. The van der Waals surface area contributed by atoms with E-state index in [9.17, 15) is 0 Å².